The smallest absolute Gasteiger partial charge is 0.0555 e. The average Bonchev–Trinajstić information content (AvgIpc) is 3.83. The Morgan fingerprint density at radius 3 is 1.37 bits per heavy atom. The van der Waals surface area contributed by atoms with Gasteiger partial charge in [0.2, 0.25) is 0 Å². The molecule has 12 rings (SSSR count). The summed E-state index contributed by atoms with van der Waals surface area (Å²) in [5.74, 6) is 2.77. The van der Waals surface area contributed by atoms with Gasteiger partial charge in [-0.15, -0.1) is 11.3 Å². The molecular formula is C51H42N2S. The van der Waals surface area contributed by atoms with Gasteiger partial charge in [-0.2, -0.15) is 0 Å². The number of hydrogen-bond acceptors (Lipinski definition) is 3. The first-order valence-electron chi connectivity index (χ1n) is 19.6. The van der Waals surface area contributed by atoms with Crippen molar-refractivity contribution in [3.63, 3.8) is 0 Å². The van der Waals surface area contributed by atoms with Crippen molar-refractivity contribution < 1.29 is 0 Å². The van der Waals surface area contributed by atoms with Crippen molar-refractivity contribution in [2.75, 3.05) is 9.80 Å². The van der Waals surface area contributed by atoms with Crippen LogP contribution in [0.3, 0.4) is 0 Å². The highest BCUT2D eigenvalue weighted by atomic mass is 32.1. The van der Waals surface area contributed by atoms with Gasteiger partial charge < -0.3 is 9.80 Å². The highest BCUT2D eigenvalue weighted by Crippen LogP contribution is 2.66. The molecule has 4 aliphatic rings. The van der Waals surface area contributed by atoms with Gasteiger partial charge in [0, 0.05) is 42.9 Å². The van der Waals surface area contributed by atoms with Crippen LogP contribution < -0.4 is 9.80 Å². The maximum atomic E-state index is 2.49. The lowest BCUT2D eigenvalue weighted by Crippen LogP contribution is -2.27. The number of rotatable bonds is 8. The summed E-state index contributed by atoms with van der Waals surface area (Å²) >= 11 is 1.89. The highest BCUT2D eigenvalue weighted by Gasteiger charge is 2.58. The summed E-state index contributed by atoms with van der Waals surface area (Å²) in [6, 6.07) is 64.9. The fourth-order valence-corrected chi connectivity index (χ4v) is 12.0. The topological polar surface area (TPSA) is 6.48 Å². The Bertz CT molecular complexity index is 2580. The maximum Gasteiger partial charge on any atom is 0.0555 e. The molecule has 0 spiro atoms. The van der Waals surface area contributed by atoms with Crippen LogP contribution in [0.25, 0.3) is 31.3 Å². The van der Waals surface area contributed by atoms with E-state index in [1.807, 2.05) is 11.3 Å². The molecule has 4 aliphatic carbocycles. The van der Waals surface area contributed by atoms with E-state index >= 15 is 0 Å². The number of benzene rings is 7. The van der Waals surface area contributed by atoms with E-state index < -0.39 is 0 Å². The van der Waals surface area contributed by atoms with Gasteiger partial charge in [-0.3, -0.25) is 0 Å². The Balaban J connectivity index is 1.08. The quantitative estimate of drug-likeness (QED) is 0.155. The zero-order valence-electron chi connectivity index (χ0n) is 30.3. The molecule has 7 aromatic carbocycles. The van der Waals surface area contributed by atoms with E-state index in [-0.39, 0.29) is 0 Å². The lowest BCUT2D eigenvalue weighted by atomic mass is 9.71. The molecule has 3 heteroatoms. The first-order chi connectivity index (χ1) is 26.7. The molecule has 54 heavy (non-hydrogen) atoms. The number of hydrogen-bond donors (Lipinski definition) is 0. The minimum absolute atomic E-state index is 0.405. The van der Waals surface area contributed by atoms with Gasteiger partial charge in [0.1, 0.15) is 0 Å². The third-order valence-electron chi connectivity index (χ3n) is 12.9. The Kier molecular flexibility index (Phi) is 7.52. The summed E-state index contributed by atoms with van der Waals surface area (Å²) in [6.07, 6.45) is 7.15. The SMILES string of the molecule is c1ccc(-c2ccc(N(c3ccccc3)c3cccc4sc5cccc(N(c6ccccc6)c6ccc(C78CC9CC(CC7C9)C8)cc6)c5c34)cc2)cc1. The van der Waals surface area contributed by atoms with Crippen LogP contribution in [0.1, 0.15) is 37.7 Å². The van der Waals surface area contributed by atoms with Crippen molar-refractivity contribution in [3.8, 4) is 11.1 Å². The van der Waals surface area contributed by atoms with E-state index in [2.05, 4.69) is 186 Å². The fourth-order valence-electron chi connectivity index (χ4n) is 10.9. The molecule has 1 aromatic heterocycles. The van der Waals surface area contributed by atoms with E-state index in [0.717, 1.165) is 29.1 Å². The van der Waals surface area contributed by atoms with Crippen molar-refractivity contribution in [2.24, 2.45) is 17.8 Å². The Hall–Kier alpha value is -5.64. The normalized spacial score (nSPS) is 21.2. The first-order valence-corrected chi connectivity index (χ1v) is 20.4. The molecular weight excluding hydrogens is 673 g/mol. The number of nitrogens with zero attached hydrogens (tertiary/aromatic N) is 2. The van der Waals surface area contributed by atoms with Crippen LogP contribution in [0.15, 0.2) is 176 Å². The molecule has 2 atom stereocenters. The van der Waals surface area contributed by atoms with Crippen molar-refractivity contribution in [1.82, 2.24) is 0 Å². The monoisotopic (exact) mass is 714 g/mol. The van der Waals surface area contributed by atoms with Gasteiger partial charge in [-0.25, -0.2) is 0 Å². The molecule has 0 amide bonds. The maximum absolute atomic E-state index is 2.49. The Morgan fingerprint density at radius 2 is 0.852 bits per heavy atom. The number of anilines is 6. The minimum Gasteiger partial charge on any atom is -0.310 e. The third kappa shape index (κ3) is 5.13. The van der Waals surface area contributed by atoms with Crippen LogP contribution in [0.5, 0.6) is 0 Å². The molecule has 0 aliphatic heterocycles. The molecule has 0 saturated heterocycles. The summed E-state index contributed by atoms with van der Waals surface area (Å²) in [5.41, 5.74) is 11.5. The van der Waals surface area contributed by atoms with Crippen LogP contribution in [0.2, 0.25) is 0 Å². The van der Waals surface area contributed by atoms with Crippen LogP contribution >= 0.6 is 11.3 Å². The second-order valence-electron chi connectivity index (χ2n) is 15.9. The van der Waals surface area contributed by atoms with Gasteiger partial charge in [0.05, 0.1) is 11.4 Å². The van der Waals surface area contributed by atoms with Crippen molar-refractivity contribution in [1.29, 1.82) is 0 Å². The fraction of sp³-hybridized carbons (Fsp3) is 0.176. The van der Waals surface area contributed by atoms with Crippen molar-refractivity contribution >= 4 is 65.6 Å². The standard InChI is InChI=1S/C51H42N2S/c1-4-12-37(13-5-1)38-22-26-43(27-23-38)52(41-14-6-2-7-15-41)45-18-10-20-47-49(45)50-46(19-11-21-48(50)54-47)53(42-16-8-3-9-17-42)44-28-24-39(25-29-44)51-33-35-30-36(34-51)32-40(51)31-35/h1-29,35-36,40H,30-34H2. The second kappa shape index (κ2) is 12.7. The van der Waals surface area contributed by atoms with E-state index in [1.54, 1.807) is 5.56 Å². The van der Waals surface area contributed by atoms with Crippen LogP contribution in [-0.4, -0.2) is 0 Å². The predicted molar refractivity (Wildman–Crippen MR) is 229 cm³/mol. The van der Waals surface area contributed by atoms with Crippen LogP contribution in [0.4, 0.5) is 34.1 Å². The number of fused-ring (bicyclic) bond motifs is 3. The summed E-state index contributed by atoms with van der Waals surface area (Å²) in [7, 11) is 0. The average molecular weight is 715 g/mol. The zero-order chi connectivity index (χ0) is 35.6. The van der Waals surface area contributed by atoms with E-state index in [0.29, 0.717) is 5.41 Å². The van der Waals surface area contributed by atoms with Gasteiger partial charge in [0.15, 0.2) is 0 Å². The molecule has 8 aromatic rings. The van der Waals surface area contributed by atoms with Crippen LogP contribution in [-0.2, 0) is 5.41 Å². The van der Waals surface area contributed by atoms with Crippen LogP contribution in [0, 0.1) is 17.8 Å². The summed E-state index contributed by atoms with van der Waals surface area (Å²) in [6.45, 7) is 0. The lowest BCUT2D eigenvalue weighted by Gasteiger charge is -2.34. The highest BCUT2D eigenvalue weighted by molar-refractivity contribution is 7.26. The van der Waals surface area contributed by atoms with Gasteiger partial charge >= 0.3 is 0 Å². The molecule has 0 N–H and O–H groups in total. The minimum atomic E-state index is 0.405. The molecule has 4 bridgehead atoms. The number of para-hydroxylation sites is 2. The molecule has 2 nitrogen and oxygen atoms in total. The predicted octanol–water partition coefficient (Wildman–Crippen LogP) is 14.7. The van der Waals surface area contributed by atoms with Gasteiger partial charge in [-0.05, 0) is 145 Å². The van der Waals surface area contributed by atoms with Gasteiger partial charge in [0.25, 0.3) is 0 Å². The molecule has 1 heterocycles. The molecule has 4 fully saturated rings. The molecule has 2 unspecified atom stereocenters. The number of thiophene rings is 1. The summed E-state index contributed by atoms with van der Waals surface area (Å²) in [4.78, 5) is 4.93. The molecule has 0 radical (unpaired) electrons. The van der Waals surface area contributed by atoms with E-state index in [1.165, 1.54) is 86.2 Å². The third-order valence-corrected chi connectivity index (χ3v) is 14.0. The summed E-state index contributed by atoms with van der Waals surface area (Å²) < 4.78 is 2.57. The largest absolute Gasteiger partial charge is 0.310 e. The summed E-state index contributed by atoms with van der Waals surface area (Å²) in [5, 5.41) is 2.56. The first kappa shape index (κ1) is 31.8. The Labute approximate surface area is 322 Å². The van der Waals surface area contributed by atoms with E-state index in [4.69, 9.17) is 0 Å². The molecule has 262 valence electrons. The lowest BCUT2D eigenvalue weighted by molar-refractivity contribution is 0.266. The van der Waals surface area contributed by atoms with Crippen molar-refractivity contribution in [2.45, 2.75) is 37.5 Å². The Morgan fingerprint density at radius 1 is 0.407 bits per heavy atom. The van der Waals surface area contributed by atoms with Gasteiger partial charge in [-0.1, -0.05) is 103 Å². The zero-order valence-corrected chi connectivity index (χ0v) is 31.1. The van der Waals surface area contributed by atoms with Crippen molar-refractivity contribution in [3.05, 3.63) is 181 Å². The van der Waals surface area contributed by atoms with E-state index in [9.17, 15) is 0 Å². The second-order valence-corrected chi connectivity index (χ2v) is 17.0. The molecule has 4 saturated carbocycles.